The number of hydrogen-bond donors (Lipinski definition) is 1. The molecule has 1 atom stereocenters. The van der Waals surface area contributed by atoms with Gasteiger partial charge in [0, 0.05) is 38.2 Å². The number of amides is 1. The second-order valence-corrected chi connectivity index (χ2v) is 8.13. The maximum absolute atomic E-state index is 12.4. The predicted octanol–water partition coefficient (Wildman–Crippen LogP) is 0.555. The minimum absolute atomic E-state index is 0.120. The molecule has 0 aliphatic carbocycles. The molecule has 2 aromatic rings. The quantitative estimate of drug-likeness (QED) is 0.837. The summed E-state index contributed by atoms with van der Waals surface area (Å²) in [6.45, 7) is 1.10. The monoisotopic (exact) mass is 363 g/mol. The molecule has 134 valence electrons. The van der Waals surface area contributed by atoms with E-state index in [9.17, 15) is 13.2 Å². The van der Waals surface area contributed by atoms with Gasteiger partial charge in [0.15, 0.2) is 5.82 Å². The molecule has 0 saturated carbocycles. The molecule has 1 fully saturated rings. The van der Waals surface area contributed by atoms with Gasteiger partial charge in [0.05, 0.1) is 12.2 Å². The third kappa shape index (κ3) is 4.43. The van der Waals surface area contributed by atoms with Gasteiger partial charge in [-0.2, -0.15) is 5.10 Å². The van der Waals surface area contributed by atoms with Crippen molar-refractivity contribution in [3.05, 3.63) is 42.4 Å². The highest BCUT2D eigenvalue weighted by atomic mass is 32.2. The van der Waals surface area contributed by atoms with Crippen LogP contribution in [0.5, 0.6) is 0 Å². The number of piperidine rings is 1. The van der Waals surface area contributed by atoms with Gasteiger partial charge in [-0.3, -0.25) is 4.79 Å². The summed E-state index contributed by atoms with van der Waals surface area (Å²) in [5.74, 6) is 0.249. The van der Waals surface area contributed by atoms with Gasteiger partial charge in [0.25, 0.3) is 0 Å². The normalized spacial score (nSPS) is 18.8. The average molecular weight is 363 g/mol. The summed E-state index contributed by atoms with van der Waals surface area (Å²) in [6, 6.07) is 5.50. The van der Waals surface area contributed by atoms with E-state index in [1.807, 2.05) is 18.2 Å². The second-order valence-electron chi connectivity index (χ2n) is 6.15. The van der Waals surface area contributed by atoms with Crippen molar-refractivity contribution < 1.29 is 13.2 Å². The molecule has 9 heteroatoms. The van der Waals surface area contributed by atoms with Gasteiger partial charge in [-0.15, -0.1) is 0 Å². The van der Waals surface area contributed by atoms with E-state index in [0.717, 1.165) is 5.56 Å². The minimum Gasteiger partial charge on any atom is -0.352 e. The fourth-order valence-electron chi connectivity index (χ4n) is 2.89. The summed E-state index contributed by atoms with van der Waals surface area (Å²) in [5, 5.41) is 7.03. The number of hydrogen-bond acceptors (Lipinski definition) is 5. The van der Waals surface area contributed by atoms with Gasteiger partial charge in [-0.05, 0) is 36.6 Å². The van der Waals surface area contributed by atoms with Crippen molar-refractivity contribution in [1.82, 2.24) is 24.4 Å². The molecule has 0 spiro atoms. The Kier molecular flexibility index (Phi) is 5.14. The summed E-state index contributed by atoms with van der Waals surface area (Å²) in [6.07, 6.45) is 7.72. The van der Waals surface area contributed by atoms with Gasteiger partial charge >= 0.3 is 0 Å². The van der Waals surface area contributed by atoms with Crippen molar-refractivity contribution in [2.45, 2.75) is 19.4 Å². The lowest BCUT2D eigenvalue weighted by molar-refractivity contribution is -0.126. The number of rotatable bonds is 5. The van der Waals surface area contributed by atoms with Crippen molar-refractivity contribution in [3.8, 4) is 5.82 Å². The number of carbonyl (C=O) groups is 1. The highest BCUT2D eigenvalue weighted by molar-refractivity contribution is 7.88. The number of nitrogens with zero attached hydrogens (tertiary/aromatic N) is 4. The molecule has 1 aliphatic rings. The maximum Gasteiger partial charge on any atom is 0.224 e. The molecular formula is C16H21N5O3S. The lowest BCUT2D eigenvalue weighted by Crippen LogP contribution is -2.44. The van der Waals surface area contributed by atoms with E-state index in [1.165, 1.54) is 10.6 Å². The molecule has 1 aliphatic heterocycles. The molecule has 2 aromatic heterocycles. The van der Waals surface area contributed by atoms with E-state index in [0.29, 0.717) is 31.7 Å². The van der Waals surface area contributed by atoms with Gasteiger partial charge in [-0.25, -0.2) is 22.4 Å². The van der Waals surface area contributed by atoms with Gasteiger partial charge in [-0.1, -0.05) is 0 Å². The van der Waals surface area contributed by atoms with E-state index >= 15 is 0 Å². The zero-order valence-corrected chi connectivity index (χ0v) is 14.8. The fourth-order valence-corrected chi connectivity index (χ4v) is 3.80. The van der Waals surface area contributed by atoms with Crippen LogP contribution in [-0.4, -0.2) is 52.7 Å². The van der Waals surface area contributed by atoms with E-state index in [1.54, 1.807) is 23.3 Å². The highest BCUT2D eigenvalue weighted by Gasteiger charge is 2.29. The summed E-state index contributed by atoms with van der Waals surface area (Å²) in [7, 11) is -3.25. The van der Waals surface area contributed by atoms with Crippen molar-refractivity contribution in [3.63, 3.8) is 0 Å². The Morgan fingerprint density at radius 2 is 2.24 bits per heavy atom. The molecule has 1 saturated heterocycles. The summed E-state index contributed by atoms with van der Waals surface area (Å²) in [5.41, 5.74) is 0.907. The molecule has 1 amide bonds. The standard InChI is InChI=1S/C16H21N5O3S/c1-25(23,24)20-8-2-4-14(12-20)16(22)18-11-13-5-7-17-15(10-13)21-9-3-6-19-21/h3,5-7,9-10,14H,2,4,8,11-12H2,1H3,(H,18,22). The second kappa shape index (κ2) is 7.32. The Bertz CT molecular complexity index is 835. The molecule has 1 N–H and O–H groups in total. The van der Waals surface area contributed by atoms with Crippen molar-refractivity contribution in [2.24, 2.45) is 5.92 Å². The zero-order chi connectivity index (χ0) is 17.9. The predicted molar refractivity (Wildman–Crippen MR) is 92.3 cm³/mol. The van der Waals surface area contributed by atoms with E-state index in [2.05, 4.69) is 15.4 Å². The van der Waals surface area contributed by atoms with Crippen LogP contribution in [0.1, 0.15) is 18.4 Å². The van der Waals surface area contributed by atoms with Crippen LogP contribution in [0.4, 0.5) is 0 Å². The molecule has 0 bridgehead atoms. The van der Waals surface area contributed by atoms with Gasteiger partial charge in [0.1, 0.15) is 0 Å². The summed E-state index contributed by atoms with van der Waals surface area (Å²) < 4.78 is 26.4. The number of aromatic nitrogens is 3. The highest BCUT2D eigenvalue weighted by Crippen LogP contribution is 2.19. The molecule has 3 heterocycles. The van der Waals surface area contributed by atoms with Crippen molar-refractivity contribution >= 4 is 15.9 Å². The van der Waals surface area contributed by atoms with Crippen LogP contribution in [0, 0.1) is 5.92 Å². The van der Waals surface area contributed by atoms with Crippen LogP contribution < -0.4 is 5.32 Å². The average Bonchev–Trinajstić information content (AvgIpc) is 3.14. The lowest BCUT2D eigenvalue weighted by Gasteiger charge is -2.30. The number of sulfonamides is 1. The molecule has 3 rings (SSSR count). The third-order valence-corrected chi connectivity index (χ3v) is 5.51. The van der Waals surface area contributed by atoms with Crippen molar-refractivity contribution in [2.75, 3.05) is 19.3 Å². The van der Waals surface area contributed by atoms with E-state index in [-0.39, 0.29) is 18.4 Å². The minimum atomic E-state index is -3.25. The topological polar surface area (TPSA) is 97.2 Å². The first-order chi connectivity index (χ1) is 11.9. The first-order valence-electron chi connectivity index (χ1n) is 8.11. The van der Waals surface area contributed by atoms with Crippen LogP contribution in [0.15, 0.2) is 36.8 Å². The van der Waals surface area contributed by atoms with E-state index < -0.39 is 10.0 Å². The maximum atomic E-state index is 12.4. The van der Waals surface area contributed by atoms with Crippen LogP contribution >= 0.6 is 0 Å². The number of carbonyl (C=O) groups excluding carboxylic acids is 1. The van der Waals surface area contributed by atoms with Crippen LogP contribution in [0.25, 0.3) is 5.82 Å². The Morgan fingerprint density at radius 1 is 1.40 bits per heavy atom. The first kappa shape index (κ1) is 17.6. The fraction of sp³-hybridized carbons (Fsp3) is 0.438. The lowest BCUT2D eigenvalue weighted by atomic mass is 9.99. The Labute approximate surface area is 146 Å². The van der Waals surface area contributed by atoms with Crippen LogP contribution in [-0.2, 0) is 21.4 Å². The van der Waals surface area contributed by atoms with Gasteiger partial charge in [0.2, 0.25) is 15.9 Å². The zero-order valence-electron chi connectivity index (χ0n) is 14.0. The Hall–Kier alpha value is -2.26. The SMILES string of the molecule is CS(=O)(=O)N1CCCC(C(=O)NCc2ccnc(-n3cccn3)c2)C1. The Morgan fingerprint density at radius 3 is 2.96 bits per heavy atom. The molecule has 1 unspecified atom stereocenters. The van der Waals surface area contributed by atoms with Gasteiger partial charge < -0.3 is 5.32 Å². The summed E-state index contributed by atoms with van der Waals surface area (Å²) in [4.78, 5) is 16.6. The summed E-state index contributed by atoms with van der Waals surface area (Å²) >= 11 is 0. The molecule has 0 aromatic carbocycles. The van der Waals surface area contributed by atoms with Crippen molar-refractivity contribution in [1.29, 1.82) is 0 Å². The number of nitrogens with one attached hydrogen (secondary N) is 1. The Balaban J connectivity index is 1.60. The number of pyridine rings is 1. The smallest absolute Gasteiger partial charge is 0.224 e. The third-order valence-electron chi connectivity index (χ3n) is 4.24. The molecular weight excluding hydrogens is 342 g/mol. The molecule has 0 radical (unpaired) electrons. The first-order valence-corrected chi connectivity index (χ1v) is 9.96. The molecule has 25 heavy (non-hydrogen) atoms. The molecule has 8 nitrogen and oxygen atoms in total. The largest absolute Gasteiger partial charge is 0.352 e. The van der Waals surface area contributed by atoms with E-state index in [4.69, 9.17) is 0 Å². The van der Waals surface area contributed by atoms with Crippen LogP contribution in [0.2, 0.25) is 0 Å². The van der Waals surface area contributed by atoms with Crippen LogP contribution in [0.3, 0.4) is 0 Å².